The van der Waals surface area contributed by atoms with Gasteiger partial charge in [0.1, 0.15) is 0 Å². The summed E-state index contributed by atoms with van der Waals surface area (Å²) in [7, 11) is 0. The second-order valence-corrected chi connectivity index (χ2v) is 3.32. The molecule has 0 aliphatic carbocycles. The van der Waals surface area contributed by atoms with Crippen molar-refractivity contribution in [3.63, 3.8) is 0 Å². The molecule has 0 spiro atoms. The number of hydrogen-bond acceptors (Lipinski definition) is 1. The van der Waals surface area contributed by atoms with Crippen molar-refractivity contribution in [3.05, 3.63) is 0 Å². The van der Waals surface area contributed by atoms with E-state index in [4.69, 9.17) is 11.6 Å². The molecule has 0 bridgehead atoms. The van der Waals surface area contributed by atoms with Crippen LogP contribution in [0, 0.1) is 0 Å². The topological polar surface area (TPSA) is 3.24 Å². The van der Waals surface area contributed by atoms with E-state index in [1.54, 1.807) is 0 Å². The third-order valence-electron chi connectivity index (χ3n) is 1.52. The van der Waals surface area contributed by atoms with Crippen LogP contribution in [0.25, 0.3) is 0 Å². The summed E-state index contributed by atoms with van der Waals surface area (Å²) < 4.78 is 70.9. The predicted octanol–water partition coefficient (Wildman–Crippen LogP) is 3.04. The molecule has 8 heteroatoms. The molecule has 0 N–H and O–H groups in total. The van der Waals surface area contributed by atoms with Crippen molar-refractivity contribution >= 4 is 11.6 Å². The minimum absolute atomic E-state index is 0.131. The molecular weight excluding hydrogens is 248 g/mol. The first-order valence-electron chi connectivity index (χ1n) is 4.06. The van der Waals surface area contributed by atoms with Gasteiger partial charge in [-0.25, -0.2) is 0 Å². The van der Waals surface area contributed by atoms with E-state index in [0.717, 1.165) is 0 Å². The lowest BCUT2D eigenvalue weighted by atomic mass is 10.3. The maximum atomic E-state index is 11.9. The first-order chi connectivity index (χ1) is 6.64. The van der Waals surface area contributed by atoms with Crippen molar-refractivity contribution in [2.75, 3.05) is 25.5 Å². The van der Waals surface area contributed by atoms with Gasteiger partial charge in [0.15, 0.2) is 0 Å². The maximum Gasteiger partial charge on any atom is 0.401 e. The Labute approximate surface area is 88.0 Å². The molecule has 0 rings (SSSR count). The lowest BCUT2D eigenvalue weighted by Gasteiger charge is -2.22. The van der Waals surface area contributed by atoms with Crippen LogP contribution in [-0.4, -0.2) is 42.8 Å². The zero-order valence-electron chi connectivity index (χ0n) is 7.63. The van der Waals surface area contributed by atoms with Crippen molar-refractivity contribution in [3.8, 4) is 0 Å². The number of hydrogen-bond donors (Lipinski definition) is 0. The van der Waals surface area contributed by atoms with Crippen LogP contribution < -0.4 is 0 Å². The van der Waals surface area contributed by atoms with E-state index in [9.17, 15) is 26.3 Å². The molecule has 0 fully saturated rings. The minimum atomic E-state index is -4.50. The molecule has 0 aliphatic rings. The van der Waals surface area contributed by atoms with Gasteiger partial charge in [0.25, 0.3) is 0 Å². The molecule has 92 valence electrons. The quantitative estimate of drug-likeness (QED) is 0.540. The smallest absolute Gasteiger partial charge is 0.293 e. The Morgan fingerprint density at radius 3 is 1.73 bits per heavy atom. The van der Waals surface area contributed by atoms with Gasteiger partial charge in [0.05, 0.1) is 13.0 Å². The molecular formula is C7H10ClF6N. The predicted molar refractivity (Wildman–Crippen MR) is 43.9 cm³/mol. The molecule has 0 radical (unpaired) electrons. The average molecular weight is 258 g/mol. The highest BCUT2D eigenvalue weighted by atomic mass is 35.5. The van der Waals surface area contributed by atoms with Crippen LogP contribution in [0.5, 0.6) is 0 Å². The summed E-state index contributed by atoms with van der Waals surface area (Å²) in [6.07, 6.45) is -10.2. The van der Waals surface area contributed by atoms with Crippen molar-refractivity contribution < 1.29 is 26.3 Å². The summed E-state index contributed by atoms with van der Waals surface area (Å²) in [5, 5.41) is 0. The Morgan fingerprint density at radius 1 is 0.867 bits per heavy atom. The van der Waals surface area contributed by atoms with E-state index in [0.29, 0.717) is 4.90 Å². The van der Waals surface area contributed by atoms with E-state index in [1.807, 2.05) is 0 Å². The number of alkyl halides is 7. The molecule has 0 saturated carbocycles. The summed E-state index contributed by atoms with van der Waals surface area (Å²) in [6.45, 7) is -2.26. The molecule has 0 aromatic heterocycles. The Morgan fingerprint density at radius 2 is 1.40 bits per heavy atom. The summed E-state index contributed by atoms with van der Waals surface area (Å²) in [5.41, 5.74) is 0. The Kier molecular flexibility index (Phi) is 5.72. The molecule has 0 aromatic carbocycles. The molecule has 0 amide bonds. The molecule has 0 unspecified atom stereocenters. The maximum absolute atomic E-state index is 11.9. The fraction of sp³-hybridized carbons (Fsp3) is 1.00. The molecule has 0 atom stereocenters. The van der Waals surface area contributed by atoms with Crippen LogP contribution >= 0.6 is 11.6 Å². The second kappa shape index (κ2) is 5.79. The number of nitrogens with zero attached hydrogens (tertiary/aromatic N) is 1. The van der Waals surface area contributed by atoms with E-state index < -0.39 is 31.9 Å². The highest BCUT2D eigenvalue weighted by molar-refractivity contribution is 6.18. The van der Waals surface area contributed by atoms with Gasteiger partial charge >= 0.3 is 12.4 Å². The van der Waals surface area contributed by atoms with Gasteiger partial charge in [-0.05, 0) is 0 Å². The van der Waals surface area contributed by atoms with E-state index >= 15 is 0 Å². The van der Waals surface area contributed by atoms with Gasteiger partial charge in [0.2, 0.25) is 0 Å². The van der Waals surface area contributed by atoms with Gasteiger partial charge in [-0.3, -0.25) is 4.90 Å². The van der Waals surface area contributed by atoms with E-state index in [2.05, 4.69) is 0 Å². The van der Waals surface area contributed by atoms with Crippen molar-refractivity contribution in [2.24, 2.45) is 0 Å². The highest BCUT2D eigenvalue weighted by Gasteiger charge is 2.33. The monoisotopic (exact) mass is 257 g/mol. The van der Waals surface area contributed by atoms with Crippen LogP contribution in [0.1, 0.15) is 6.42 Å². The number of rotatable bonds is 5. The van der Waals surface area contributed by atoms with E-state index in [1.165, 1.54) is 0 Å². The molecule has 0 aliphatic heterocycles. The van der Waals surface area contributed by atoms with Crippen LogP contribution in [0.15, 0.2) is 0 Å². The Hall–Kier alpha value is -0.170. The zero-order valence-corrected chi connectivity index (χ0v) is 8.38. The second-order valence-electron chi connectivity index (χ2n) is 2.95. The highest BCUT2D eigenvalue weighted by Crippen LogP contribution is 2.22. The van der Waals surface area contributed by atoms with Crippen LogP contribution in [0.3, 0.4) is 0 Å². The van der Waals surface area contributed by atoms with Crippen LogP contribution in [0.2, 0.25) is 0 Å². The SMILES string of the molecule is FC(F)(F)CCN(CCCl)CC(F)(F)F. The standard InChI is InChI=1S/C7H10ClF6N/c8-2-4-15(5-7(12,13)14)3-1-6(9,10)11/h1-5H2. The van der Waals surface area contributed by atoms with Gasteiger partial charge in [-0.15, -0.1) is 11.6 Å². The normalized spacial score (nSPS) is 13.6. The van der Waals surface area contributed by atoms with Crippen molar-refractivity contribution in [1.82, 2.24) is 4.90 Å². The Balaban J connectivity index is 4.05. The fourth-order valence-corrected chi connectivity index (χ4v) is 1.17. The van der Waals surface area contributed by atoms with Gasteiger partial charge < -0.3 is 0 Å². The van der Waals surface area contributed by atoms with Crippen LogP contribution in [-0.2, 0) is 0 Å². The molecule has 1 nitrogen and oxygen atoms in total. The molecule has 0 saturated heterocycles. The summed E-state index contributed by atoms with van der Waals surface area (Å²) in [4.78, 5) is 0.639. The van der Waals surface area contributed by atoms with E-state index in [-0.39, 0.29) is 12.4 Å². The summed E-state index contributed by atoms with van der Waals surface area (Å²) in [5.74, 6) is -0.131. The van der Waals surface area contributed by atoms with Crippen LogP contribution in [0.4, 0.5) is 26.3 Å². The minimum Gasteiger partial charge on any atom is -0.293 e. The lowest BCUT2D eigenvalue weighted by molar-refractivity contribution is -0.160. The van der Waals surface area contributed by atoms with Gasteiger partial charge in [-0.2, -0.15) is 26.3 Å². The summed E-state index contributed by atoms with van der Waals surface area (Å²) >= 11 is 5.18. The Bertz CT molecular complexity index is 177. The molecule has 15 heavy (non-hydrogen) atoms. The third kappa shape index (κ3) is 10.1. The van der Waals surface area contributed by atoms with Gasteiger partial charge in [0, 0.05) is 19.0 Å². The molecule has 0 heterocycles. The first kappa shape index (κ1) is 14.8. The van der Waals surface area contributed by atoms with Gasteiger partial charge in [-0.1, -0.05) is 0 Å². The van der Waals surface area contributed by atoms with Crippen molar-refractivity contribution in [2.45, 2.75) is 18.8 Å². The average Bonchev–Trinajstić information content (AvgIpc) is 1.96. The zero-order chi connectivity index (χ0) is 12.1. The summed E-state index contributed by atoms with van der Waals surface area (Å²) in [6, 6.07) is 0. The lowest BCUT2D eigenvalue weighted by Crippen LogP contribution is -2.37. The van der Waals surface area contributed by atoms with Crippen molar-refractivity contribution in [1.29, 1.82) is 0 Å². The first-order valence-corrected chi connectivity index (χ1v) is 4.59. The largest absolute Gasteiger partial charge is 0.401 e. The third-order valence-corrected chi connectivity index (χ3v) is 1.68. The molecule has 0 aromatic rings. The number of halogens is 7. The fourth-order valence-electron chi connectivity index (χ4n) is 0.928.